The van der Waals surface area contributed by atoms with Gasteiger partial charge in [-0.15, -0.1) is 0 Å². The Labute approximate surface area is 154 Å². The van der Waals surface area contributed by atoms with Crippen molar-refractivity contribution in [2.45, 2.75) is 65.3 Å². The summed E-state index contributed by atoms with van der Waals surface area (Å²) in [5.74, 6) is 0.873. The van der Waals surface area contributed by atoms with Crippen LogP contribution >= 0.6 is 0 Å². The predicted molar refractivity (Wildman–Crippen MR) is 108 cm³/mol. The third-order valence-corrected chi connectivity index (χ3v) is 6.01. The molecule has 25 heavy (non-hydrogen) atoms. The van der Waals surface area contributed by atoms with Gasteiger partial charge in [-0.25, -0.2) is 0 Å². The van der Waals surface area contributed by atoms with Gasteiger partial charge in [0.15, 0.2) is 0 Å². The molecule has 1 fully saturated rings. The molecular weight excluding hydrogens is 304 g/mol. The van der Waals surface area contributed by atoms with Gasteiger partial charge in [0.25, 0.3) is 0 Å². The molecule has 0 saturated heterocycles. The van der Waals surface area contributed by atoms with Gasteiger partial charge in [0.05, 0.1) is 0 Å². The minimum Gasteiger partial charge on any atom is -0.295 e. The van der Waals surface area contributed by atoms with Crippen LogP contribution in [0.25, 0.3) is 0 Å². The fourth-order valence-corrected chi connectivity index (χ4v) is 4.48. The molecule has 2 aliphatic rings. The standard InChI is InChI=1S/C23H34N2/c1-18-9-11-21(12-10-18)17-25-14-13-22(19(2)16-25)23(24-3)15-20-7-5-4-6-8-20/h9-12,20H,4-8,13-17H2,1-3H3. The molecule has 1 heterocycles. The number of hydrogen-bond acceptors (Lipinski definition) is 2. The average molecular weight is 339 g/mol. The Kier molecular flexibility index (Phi) is 6.47. The molecule has 3 rings (SSSR count). The maximum absolute atomic E-state index is 4.72. The first-order valence-corrected chi connectivity index (χ1v) is 10.1. The predicted octanol–water partition coefficient (Wildman–Crippen LogP) is 5.56. The molecule has 0 aromatic heterocycles. The van der Waals surface area contributed by atoms with E-state index < -0.39 is 0 Å². The molecule has 0 unspecified atom stereocenters. The van der Waals surface area contributed by atoms with E-state index >= 15 is 0 Å². The van der Waals surface area contributed by atoms with Crippen molar-refractivity contribution in [2.75, 3.05) is 20.1 Å². The minimum absolute atomic E-state index is 0.873. The summed E-state index contributed by atoms with van der Waals surface area (Å²) in [6, 6.07) is 8.98. The lowest BCUT2D eigenvalue weighted by atomic mass is 9.82. The van der Waals surface area contributed by atoms with E-state index in [1.54, 1.807) is 5.57 Å². The van der Waals surface area contributed by atoms with Gasteiger partial charge in [-0.05, 0) is 43.7 Å². The SMILES string of the molecule is CN=C(CC1CCCCC1)C1=C(C)CN(Cc2ccc(C)cc2)CC1. The molecule has 1 aromatic carbocycles. The van der Waals surface area contributed by atoms with E-state index in [1.165, 1.54) is 60.9 Å². The Morgan fingerprint density at radius 2 is 1.80 bits per heavy atom. The van der Waals surface area contributed by atoms with E-state index in [2.05, 4.69) is 43.0 Å². The molecule has 1 aliphatic carbocycles. The van der Waals surface area contributed by atoms with Crippen LogP contribution in [-0.4, -0.2) is 30.7 Å². The number of hydrogen-bond donors (Lipinski definition) is 0. The maximum atomic E-state index is 4.72. The Morgan fingerprint density at radius 1 is 1.08 bits per heavy atom. The van der Waals surface area contributed by atoms with Gasteiger partial charge in [0, 0.05) is 32.4 Å². The van der Waals surface area contributed by atoms with E-state index in [0.717, 1.165) is 32.0 Å². The highest BCUT2D eigenvalue weighted by Crippen LogP contribution is 2.30. The van der Waals surface area contributed by atoms with Crippen molar-refractivity contribution < 1.29 is 0 Å². The van der Waals surface area contributed by atoms with Crippen molar-refractivity contribution in [3.8, 4) is 0 Å². The third kappa shape index (κ3) is 5.04. The van der Waals surface area contributed by atoms with E-state index in [-0.39, 0.29) is 0 Å². The zero-order valence-electron chi connectivity index (χ0n) is 16.4. The molecule has 1 aromatic rings. The molecule has 2 nitrogen and oxygen atoms in total. The van der Waals surface area contributed by atoms with Gasteiger partial charge in [0.1, 0.15) is 0 Å². The molecule has 136 valence electrons. The van der Waals surface area contributed by atoms with Crippen LogP contribution in [0.2, 0.25) is 0 Å². The van der Waals surface area contributed by atoms with Gasteiger partial charge >= 0.3 is 0 Å². The lowest BCUT2D eigenvalue weighted by Gasteiger charge is -2.31. The van der Waals surface area contributed by atoms with Crippen LogP contribution < -0.4 is 0 Å². The smallest absolute Gasteiger partial charge is 0.0379 e. The first-order valence-electron chi connectivity index (χ1n) is 10.1. The molecule has 1 aliphatic heterocycles. The number of aryl methyl sites for hydroxylation is 1. The third-order valence-electron chi connectivity index (χ3n) is 6.01. The Morgan fingerprint density at radius 3 is 2.44 bits per heavy atom. The van der Waals surface area contributed by atoms with Gasteiger partial charge in [-0.2, -0.15) is 0 Å². The van der Waals surface area contributed by atoms with Gasteiger partial charge in [-0.3, -0.25) is 9.89 Å². The zero-order chi connectivity index (χ0) is 17.6. The number of rotatable bonds is 5. The molecule has 0 N–H and O–H groups in total. The highest BCUT2D eigenvalue weighted by Gasteiger charge is 2.22. The number of aliphatic imine (C=N–C) groups is 1. The highest BCUT2D eigenvalue weighted by atomic mass is 15.1. The molecular formula is C23H34N2. The summed E-state index contributed by atoms with van der Waals surface area (Å²) in [5, 5.41) is 0. The second kappa shape index (κ2) is 8.80. The Balaban J connectivity index is 1.61. The van der Waals surface area contributed by atoms with Crippen LogP contribution in [0.15, 0.2) is 40.4 Å². The van der Waals surface area contributed by atoms with E-state index in [1.807, 2.05) is 7.05 Å². The maximum Gasteiger partial charge on any atom is 0.0379 e. The second-order valence-electron chi connectivity index (χ2n) is 8.08. The van der Waals surface area contributed by atoms with Gasteiger partial charge in [0.2, 0.25) is 0 Å². The molecule has 2 heteroatoms. The van der Waals surface area contributed by atoms with Crippen LogP contribution in [-0.2, 0) is 6.54 Å². The largest absolute Gasteiger partial charge is 0.295 e. The van der Waals surface area contributed by atoms with Gasteiger partial charge < -0.3 is 0 Å². The van der Waals surface area contributed by atoms with Crippen molar-refractivity contribution in [3.63, 3.8) is 0 Å². The molecule has 1 saturated carbocycles. The molecule has 0 radical (unpaired) electrons. The Hall–Kier alpha value is -1.41. The molecule has 0 spiro atoms. The summed E-state index contributed by atoms with van der Waals surface area (Å²) in [6.45, 7) is 7.79. The van der Waals surface area contributed by atoms with E-state index in [4.69, 9.17) is 4.99 Å². The molecule has 0 amide bonds. The average Bonchev–Trinajstić information content (AvgIpc) is 2.63. The normalized spacial score (nSPS) is 21.0. The summed E-state index contributed by atoms with van der Waals surface area (Å²) in [4.78, 5) is 7.30. The highest BCUT2D eigenvalue weighted by molar-refractivity contribution is 6.01. The van der Waals surface area contributed by atoms with Gasteiger partial charge in [-0.1, -0.05) is 67.5 Å². The quantitative estimate of drug-likeness (QED) is 0.642. The first kappa shape index (κ1) is 18.4. The lowest BCUT2D eigenvalue weighted by molar-refractivity contribution is 0.279. The fraction of sp³-hybridized carbons (Fsp3) is 0.609. The topological polar surface area (TPSA) is 15.6 Å². The summed E-state index contributed by atoms with van der Waals surface area (Å²) >= 11 is 0. The molecule has 0 atom stereocenters. The monoisotopic (exact) mass is 338 g/mol. The van der Waals surface area contributed by atoms with Crippen LogP contribution in [0.5, 0.6) is 0 Å². The number of benzene rings is 1. The van der Waals surface area contributed by atoms with Crippen molar-refractivity contribution in [1.29, 1.82) is 0 Å². The summed E-state index contributed by atoms with van der Waals surface area (Å²) < 4.78 is 0. The van der Waals surface area contributed by atoms with Crippen LogP contribution in [0, 0.1) is 12.8 Å². The van der Waals surface area contributed by atoms with Crippen molar-refractivity contribution >= 4 is 5.71 Å². The summed E-state index contributed by atoms with van der Waals surface area (Å²) in [5.41, 5.74) is 7.27. The summed E-state index contributed by atoms with van der Waals surface area (Å²) in [6.07, 6.45) is 9.47. The Bertz CT molecular complexity index is 618. The fourth-order valence-electron chi connectivity index (χ4n) is 4.48. The van der Waals surface area contributed by atoms with Crippen molar-refractivity contribution in [3.05, 3.63) is 46.5 Å². The van der Waals surface area contributed by atoms with Crippen LogP contribution in [0.1, 0.15) is 63.0 Å². The number of nitrogens with zero attached hydrogens (tertiary/aromatic N) is 2. The van der Waals surface area contributed by atoms with Crippen LogP contribution in [0.4, 0.5) is 0 Å². The zero-order valence-corrected chi connectivity index (χ0v) is 16.4. The van der Waals surface area contributed by atoms with Crippen LogP contribution in [0.3, 0.4) is 0 Å². The second-order valence-corrected chi connectivity index (χ2v) is 8.08. The van der Waals surface area contributed by atoms with E-state index in [0.29, 0.717) is 0 Å². The lowest BCUT2D eigenvalue weighted by Crippen LogP contribution is -2.32. The minimum atomic E-state index is 0.873. The van der Waals surface area contributed by atoms with E-state index in [9.17, 15) is 0 Å². The first-order chi connectivity index (χ1) is 12.2. The van der Waals surface area contributed by atoms with Crippen molar-refractivity contribution in [1.82, 2.24) is 4.90 Å². The van der Waals surface area contributed by atoms with Crippen molar-refractivity contribution in [2.24, 2.45) is 10.9 Å². The summed E-state index contributed by atoms with van der Waals surface area (Å²) in [7, 11) is 2.00. The molecule has 0 bridgehead atoms.